The van der Waals surface area contributed by atoms with E-state index in [9.17, 15) is 18.8 Å². The molecule has 180 valence electrons. The van der Waals surface area contributed by atoms with E-state index in [0.717, 1.165) is 19.3 Å². The average molecular weight is 521 g/mol. The molecular formula is C22H25ClN6O3S2. The molecular weight excluding hydrogens is 496 g/mol. The van der Waals surface area contributed by atoms with Gasteiger partial charge in [-0.15, -0.1) is 0 Å². The Kier molecular flexibility index (Phi) is 6.35. The molecule has 2 aromatic rings. The van der Waals surface area contributed by atoms with Crippen LogP contribution >= 0.6 is 11.6 Å². The van der Waals surface area contributed by atoms with Gasteiger partial charge >= 0.3 is 0 Å². The molecule has 4 heterocycles. The van der Waals surface area contributed by atoms with Gasteiger partial charge in [-0.2, -0.15) is 9.62 Å². The molecule has 0 amide bonds. The number of nitrogens with one attached hydrogen (secondary N) is 1. The van der Waals surface area contributed by atoms with E-state index >= 15 is 0 Å². The first-order chi connectivity index (χ1) is 16.4. The van der Waals surface area contributed by atoms with Gasteiger partial charge in [0.2, 0.25) is 0 Å². The quantitative estimate of drug-likeness (QED) is 0.612. The first kappa shape index (κ1) is 23.6. The lowest BCUT2D eigenvalue weighted by molar-refractivity contribution is 0.144. The molecule has 0 aromatic carbocycles. The van der Waals surface area contributed by atoms with E-state index in [1.165, 1.54) is 0 Å². The number of hydrogen-bond donors (Lipinski definition) is 2. The van der Waals surface area contributed by atoms with E-state index in [-0.39, 0.29) is 23.9 Å². The number of nitriles is 1. The Balaban J connectivity index is 1.50. The lowest BCUT2D eigenvalue weighted by Gasteiger charge is -2.42. The minimum atomic E-state index is -2.64. The topological polar surface area (TPSA) is 141 Å². The maximum absolute atomic E-state index is 13.7. The van der Waals surface area contributed by atoms with Crippen LogP contribution < -0.4 is 5.32 Å². The van der Waals surface area contributed by atoms with E-state index in [2.05, 4.69) is 30.7 Å². The summed E-state index contributed by atoms with van der Waals surface area (Å²) in [5.74, 6) is 2.03. The molecule has 2 fully saturated rings. The van der Waals surface area contributed by atoms with Crippen LogP contribution in [0.4, 0.5) is 11.5 Å². The summed E-state index contributed by atoms with van der Waals surface area (Å²) in [7, 11) is -3.92. The number of aliphatic hydroxyl groups is 1. The van der Waals surface area contributed by atoms with Gasteiger partial charge in [-0.3, -0.25) is 4.21 Å². The first-order valence-electron chi connectivity index (χ1n) is 11.3. The lowest BCUT2D eigenvalue weighted by Crippen LogP contribution is -2.48. The Morgan fingerprint density at radius 2 is 2.03 bits per heavy atom. The Morgan fingerprint density at radius 3 is 2.62 bits per heavy atom. The van der Waals surface area contributed by atoms with Gasteiger partial charge in [-0.25, -0.2) is 19.2 Å². The van der Waals surface area contributed by atoms with Gasteiger partial charge in [0.05, 0.1) is 54.0 Å². The molecule has 0 unspecified atom stereocenters. The van der Waals surface area contributed by atoms with Gasteiger partial charge in [0.1, 0.15) is 17.5 Å². The van der Waals surface area contributed by atoms with E-state index in [4.69, 9.17) is 11.6 Å². The summed E-state index contributed by atoms with van der Waals surface area (Å²) in [5, 5.41) is 23.8. The normalized spacial score (nSPS) is 27.3. The van der Waals surface area contributed by atoms with E-state index < -0.39 is 26.1 Å². The molecule has 2 aromatic heterocycles. The standard InChI is InChI=1S/C22H25ClN6O3S2/c23-15-11-25-20(26-12-15)14-3-8-34(32,9-4-14)29-21-16(10-24)18(28-22(13-30)5-1-6-22)19-17(27-21)2-7-33(19)31/h11-12,14,30H,1-9,13H2,(H,27,28)/t14?,33-,34?/m0/s1. The fourth-order valence-corrected chi connectivity index (χ4v) is 8.34. The molecule has 0 radical (unpaired) electrons. The summed E-state index contributed by atoms with van der Waals surface area (Å²) >= 11 is 5.88. The van der Waals surface area contributed by atoms with Crippen molar-refractivity contribution in [3.63, 3.8) is 0 Å². The third-order valence-electron chi connectivity index (χ3n) is 6.90. The number of aromatic nitrogens is 3. The average Bonchev–Trinajstić information content (AvgIpc) is 3.17. The van der Waals surface area contributed by atoms with Crippen molar-refractivity contribution in [2.75, 3.05) is 29.2 Å². The van der Waals surface area contributed by atoms with E-state index in [0.29, 0.717) is 63.6 Å². The lowest BCUT2D eigenvalue weighted by atomic mass is 9.77. The number of aliphatic hydroxyl groups excluding tert-OH is 1. The molecule has 1 aliphatic carbocycles. The van der Waals surface area contributed by atoms with Crippen molar-refractivity contribution >= 4 is 43.6 Å². The van der Waals surface area contributed by atoms with Crippen molar-refractivity contribution in [1.29, 1.82) is 5.26 Å². The highest BCUT2D eigenvalue weighted by molar-refractivity contribution is 7.93. The minimum absolute atomic E-state index is 0.0770. The number of fused-ring (bicyclic) bond motifs is 1. The second-order valence-corrected chi connectivity index (χ2v) is 13.6. The Bertz CT molecular complexity index is 1290. The van der Waals surface area contributed by atoms with Crippen molar-refractivity contribution in [2.45, 2.75) is 54.9 Å². The van der Waals surface area contributed by atoms with Crippen LogP contribution in [0.15, 0.2) is 21.7 Å². The second kappa shape index (κ2) is 9.15. The molecule has 3 aliphatic rings. The van der Waals surface area contributed by atoms with E-state index in [1.807, 2.05) is 0 Å². The number of pyridine rings is 1. The van der Waals surface area contributed by atoms with Gasteiger partial charge in [-0.1, -0.05) is 11.6 Å². The van der Waals surface area contributed by atoms with Crippen molar-refractivity contribution in [2.24, 2.45) is 4.36 Å². The van der Waals surface area contributed by atoms with Crippen molar-refractivity contribution in [3.05, 3.63) is 34.5 Å². The highest BCUT2D eigenvalue weighted by Gasteiger charge is 2.40. The second-order valence-electron chi connectivity index (χ2n) is 9.10. The molecule has 5 rings (SSSR count). The highest BCUT2D eigenvalue weighted by atomic mass is 35.5. The zero-order valence-corrected chi connectivity index (χ0v) is 20.9. The monoisotopic (exact) mass is 520 g/mol. The summed E-state index contributed by atoms with van der Waals surface area (Å²) in [6.07, 6.45) is 7.34. The number of hydrogen-bond acceptors (Lipinski definition) is 9. The van der Waals surface area contributed by atoms with Crippen molar-refractivity contribution in [1.82, 2.24) is 15.0 Å². The third-order valence-corrected chi connectivity index (χ3v) is 10.8. The van der Waals surface area contributed by atoms with Crippen LogP contribution in [0, 0.1) is 11.3 Å². The molecule has 2 aliphatic heterocycles. The molecule has 9 nitrogen and oxygen atoms in total. The summed E-state index contributed by atoms with van der Waals surface area (Å²) in [4.78, 5) is 13.7. The Hall–Kier alpha value is -2.13. The van der Waals surface area contributed by atoms with Gasteiger partial charge < -0.3 is 10.4 Å². The summed E-state index contributed by atoms with van der Waals surface area (Å²) in [6, 6.07) is 2.16. The molecule has 1 saturated heterocycles. The SMILES string of the molecule is N#Cc1c(N=S2(=O)CCC(c3ncc(Cl)cn3)CC2)nc2c(c1NC1(CO)CCC1)[S@@](=O)CC2. The van der Waals surface area contributed by atoms with Gasteiger partial charge in [0.25, 0.3) is 0 Å². The number of aryl methyl sites for hydroxylation is 1. The van der Waals surface area contributed by atoms with Crippen LogP contribution in [0.1, 0.15) is 55.1 Å². The largest absolute Gasteiger partial charge is 0.394 e. The summed E-state index contributed by atoms with van der Waals surface area (Å²) in [5.41, 5.74) is 0.669. The zero-order valence-electron chi connectivity index (χ0n) is 18.5. The fourth-order valence-electron chi connectivity index (χ4n) is 4.73. The van der Waals surface area contributed by atoms with Gasteiger partial charge in [0.15, 0.2) is 5.82 Å². The predicted molar refractivity (Wildman–Crippen MR) is 130 cm³/mol. The molecule has 2 N–H and O–H groups in total. The van der Waals surface area contributed by atoms with E-state index in [1.54, 1.807) is 12.4 Å². The zero-order chi connectivity index (χ0) is 23.9. The number of rotatable bonds is 5. The summed E-state index contributed by atoms with van der Waals surface area (Å²) in [6.45, 7) is -0.0843. The maximum atomic E-state index is 13.7. The van der Waals surface area contributed by atoms with Gasteiger partial charge in [-0.05, 0) is 32.1 Å². The van der Waals surface area contributed by atoms with Gasteiger partial charge in [0, 0.05) is 42.0 Å². The fraction of sp³-hybridized carbons (Fsp3) is 0.545. The Labute approximate surface area is 206 Å². The summed E-state index contributed by atoms with van der Waals surface area (Å²) < 4.78 is 31.0. The first-order valence-corrected chi connectivity index (χ1v) is 14.8. The van der Waals surface area contributed by atoms with Crippen LogP contribution in [-0.2, 0) is 26.9 Å². The van der Waals surface area contributed by atoms with Crippen LogP contribution in [0.3, 0.4) is 0 Å². The van der Waals surface area contributed by atoms with Crippen LogP contribution in [0.5, 0.6) is 0 Å². The van der Waals surface area contributed by atoms with Crippen molar-refractivity contribution in [3.8, 4) is 6.07 Å². The molecule has 34 heavy (non-hydrogen) atoms. The molecule has 0 bridgehead atoms. The highest BCUT2D eigenvalue weighted by Crippen LogP contribution is 2.42. The predicted octanol–water partition coefficient (Wildman–Crippen LogP) is 3.06. The van der Waals surface area contributed by atoms with Crippen LogP contribution in [-0.4, -0.2) is 57.9 Å². The maximum Gasteiger partial charge on any atom is 0.181 e. The third kappa shape index (κ3) is 4.33. The molecule has 12 heteroatoms. The number of halogens is 1. The van der Waals surface area contributed by atoms with Crippen LogP contribution in [0.25, 0.3) is 0 Å². The smallest absolute Gasteiger partial charge is 0.181 e. The molecule has 0 spiro atoms. The van der Waals surface area contributed by atoms with Crippen LogP contribution in [0.2, 0.25) is 5.02 Å². The number of anilines is 1. The molecule has 1 atom stereocenters. The minimum Gasteiger partial charge on any atom is -0.394 e. The van der Waals surface area contributed by atoms with Crippen molar-refractivity contribution < 1.29 is 13.5 Å². The molecule has 1 saturated carbocycles. The number of nitrogens with zero attached hydrogens (tertiary/aromatic N) is 5. The Morgan fingerprint density at radius 1 is 1.32 bits per heavy atom.